The van der Waals surface area contributed by atoms with Crippen LogP contribution in [0.4, 0.5) is 10.5 Å². The average molecular weight is 355 g/mol. The Labute approximate surface area is 133 Å². The van der Waals surface area contributed by atoms with Gasteiger partial charge in [-0.25, -0.2) is 17.9 Å². The molecular weight excluding hydrogens is 339 g/mol. The van der Waals surface area contributed by atoms with Crippen LogP contribution >= 0.6 is 23.2 Å². The van der Waals surface area contributed by atoms with Crippen LogP contribution in [0.1, 0.15) is 0 Å². The van der Waals surface area contributed by atoms with Gasteiger partial charge in [-0.15, -0.1) is 0 Å². The van der Waals surface area contributed by atoms with E-state index in [2.05, 4.69) is 10.0 Å². The maximum atomic E-state index is 12.1. The highest BCUT2D eigenvalue weighted by molar-refractivity contribution is 7.89. The lowest BCUT2D eigenvalue weighted by Crippen LogP contribution is -2.39. The predicted octanol–water partition coefficient (Wildman–Crippen LogP) is 1.13. The quantitative estimate of drug-likeness (QED) is 0.544. The summed E-state index contributed by atoms with van der Waals surface area (Å²) in [5, 5.41) is 2.57. The van der Waals surface area contributed by atoms with E-state index < -0.39 is 10.0 Å². The van der Waals surface area contributed by atoms with Crippen LogP contribution in [-0.2, 0) is 10.0 Å². The standard InChI is InChI=1S/C11H16Cl2N4O3S/c1-17(2)11(18)15-5-6-16-21(19,20)8-4-3-7(12)10(14)9(8)13/h3-4,16H,5-6,14H2,1-2H3,(H,15,18). The normalized spacial score (nSPS) is 11.2. The maximum Gasteiger partial charge on any atom is 0.316 e. The predicted molar refractivity (Wildman–Crippen MR) is 83.1 cm³/mol. The van der Waals surface area contributed by atoms with E-state index in [-0.39, 0.29) is 39.7 Å². The van der Waals surface area contributed by atoms with Gasteiger partial charge in [0.2, 0.25) is 10.0 Å². The molecule has 0 aliphatic heterocycles. The number of nitrogen functional groups attached to an aromatic ring is 1. The van der Waals surface area contributed by atoms with Gasteiger partial charge in [0.1, 0.15) is 4.90 Å². The number of rotatable bonds is 5. The van der Waals surface area contributed by atoms with Gasteiger partial charge in [-0.05, 0) is 12.1 Å². The van der Waals surface area contributed by atoms with Crippen molar-refractivity contribution in [1.29, 1.82) is 0 Å². The largest absolute Gasteiger partial charge is 0.396 e. The van der Waals surface area contributed by atoms with E-state index in [0.29, 0.717) is 0 Å². The molecular formula is C11H16Cl2N4O3S. The summed E-state index contributed by atoms with van der Waals surface area (Å²) in [5.41, 5.74) is 5.59. The van der Waals surface area contributed by atoms with Gasteiger partial charge in [-0.1, -0.05) is 23.2 Å². The molecule has 0 radical (unpaired) electrons. The molecule has 7 nitrogen and oxygen atoms in total. The van der Waals surface area contributed by atoms with Crippen LogP contribution in [0.25, 0.3) is 0 Å². The van der Waals surface area contributed by atoms with Gasteiger partial charge in [-0.3, -0.25) is 0 Å². The number of urea groups is 1. The summed E-state index contributed by atoms with van der Waals surface area (Å²) >= 11 is 11.6. The molecule has 0 atom stereocenters. The molecule has 21 heavy (non-hydrogen) atoms. The van der Waals surface area contributed by atoms with Crippen LogP contribution in [0.3, 0.4) is 0 Å². The molecule has 0 heterocycles. The molecule has 118 valence electrons. The van der Waals surface area contributed by atoms with Crippen LogP contribution < -0.4 is 15.8 Å². The van der Waals surface area contributed by atoms with E-state index in [1.165, 1.54) is 17.0 Å². The van der Waals surface area contributed by atoms with Crippen molar-refractivity contribution in [2.75, 3.05) is 32.9 Å². The van der Waals surface area contributed by atoms with E-state index in [9.17, 15) is 13.2 Å². The second kappa shape index (κ2) is 7.17. The van der Waals surface area contributed by atoms with Crippen LogP contribution in [0.2, 0.25) is 10.0 Å². The second-order valence-corrected chi connectivity index (χ2v) is 6.82. The summed E-state index contributed by atoms with van der Waals surface area (Å²) in [6, 6.07) is 2.30. The zero-order chi connectivity index (χ0) is 16.2. The molecule has 1 rings (SSSR count). The molecule has 0 bridgehead atoms. The summed E-state index contributed by atoms with van der Waals surface area (Å²) < 4.78 is 26.5. The number of sulfonamides is 1. The molecule has 1 aromatic rings. The maximum absolute atomic E-state index is 12.1. The molecule has 0 saturated carbocycles. The van der Waals surface area contributed by atoms with Crippen molar-refractivity contribution in [3.05, 3.63) is 22.2 Å². The third-order valence-corrected chi connectivity index (χ3v) is 4.83. The molecule has 0 aliphatic carbocycles. The highest BCUT2D eigenvalue weighted by Crippen LogP contribution is 2.32. The minimum Gasteiger partial charge on any atom is -0.396 e. The van der Waals surface area contributed by atoms with Gasteiger partial charge in [0.15, 0.2) is 0 Å². The fraction of sp³-hybridized carbons (Fsp3) is 0.364. The first-order valence-corrected chi connectivity index (χ1v) is 8.09. The van der Waals surface area contributed by atoms with E-state index in [1.807, 2.05) is 0 Å². The van der Waals surface area contributed by atoms with E-state index in [4.69, 9.17) is 28.9 Å². The van der Waals surface area contributed by atoms with Crippen molar-refractivity contribution in [2.45, 2.75) is 4.90 Å². The van der Waals surface area contributed by atoms with E-state index >= 15 is 0 Å². The Hall–Kier alpha value is -1.22. The van der Waals surface area contributed by atoms with Crippen LogP contribution in [0.15, 0.2) is 17.0 Å². The van der Waals surface area contributed by atoms with Crippen molar-refractivity contribution in [2.24, 2.45) is 0 Å². The molecule has 0 fully saturated rings. The molecule has 1 aromatic carbocycles. The van der Waals surface area contributed by atoms with Crippen molar-refractivity contribution < 1.29 is 13.2 Å². The number of anilines is 1. The van der Waals surface area contributed by atoms with Crippen molar-refractivity contribution >= 4 is 44.9 Å². The molecule has 10 heteroatoms. The lowest BCUT2D eigenvalue weighted by molar-refractivity contribution is 0.217. The van der Waals surface area contributed by atoms with Gasteiger partial charge in [0, 0.05) is 27.2 Å². The lowest BCUT2D eigenvalue weighted by atomic mass is 10.3. The van der Waals surface area contributed by atoms with Gasteiger partial charge in [0.05, 0.1) is 15.7 Å². The summed E-state index contributed by atoms with van der Waals surface area (Å²) in [4.78, 5) is 12.4. The zero-order valence-electron chi connectivity index (χ0n) is 11.5. The summed E-state index contributed by atoms with van der Waals surface area (Å²) in [6.45, 7) is 0.151. The van der Waals surface area contributed by atoms with Crippen molar-refractivity contribution in [3.8, 4) is 0 Å². The van der Waals surface area contributed by atoms with Gasteiger partial charge in [0.25, 0.3) is 0 Å². The Morgan fingerprint density at radius 3 is 2.48 bits per heavy atom. The number of nitrogens with two attached hydrogens (primary N) is 1. The molecule has 4 N–H and O–H groups in total. The number of nitrogens with one attached hydrogen (secondary N) is 2. The van der Waals surface area contributed by atoms with Gasteiger partial charge < -0.3 is 16.0 Å². The topological polar surface area (TPSA) is 105 Å². The molecule has 0 spiro atoms. The molecule has 0 aromatic heterocycles. The molecule has 2 amide bonds. The number of benzene rings is 1. The number of halogens is 2. The van der Waals surface area contributed by atoms with Crippen LogP contribution in [-0.4, -0.2) is 46.5 Å². The first kappa shape index (κ1) is 17.8. The summed E-state index contributed by atoms with van der Waals surface area (Å²) in [5.74, 6) is 0. The Bertz CT molecular complexity index is 635. The Morgan fingerprint density at radius 2 is 1.90 bits per heavy atom. The van der Waals surface area contributed by atoms with Gasteiger partial charge >= 0.3 is 6.03 Å². The highest BCUT2D eigenvalue weighted by atomic mass is 35.5. The summed E-state index contributed by atoms with van der Waals surface area (Å²) in [6.07, 6.45) is 0. The first-order chi connectivity index (χ1) is 9.66. The van der Waals surface area contributed by atoms with E-state index in [0.717, 1.165) is 0 Å². The van der Waals surface area contributed by atoms with Crippen molar-refractivity contribution in [3.63, 3.8) is 0 Å². The van der Waals surface area contributed by atoms with Crippen molar-refractivity contribution in [1.82, 2.24) is 14.9 Å². The second-order valence-electron chi connectivity index (χ2n) is 4.30. The molecule has 0 unspecified atom stereocenters. The zero-order valence-corrected chi connectivity index (χ0v) is 13.8. The number of carbonyl (C=O) groups excluding carboxylic acids is 1. The minimum absolute atomic E-state index is 0.00196. The minimum atomic E-state index is -3.83. The summed E-state index contributed by atoms with van der Waals surface area (Å²) in [7, 11) is -0.676. The SMILES string of the molecule is CN(C)C(=O)NCCNS(=O)(=O)c1ccc(Cl)c(N)c1Cl. The van der Waals surface area contributed by atoms with E-state index in [1.54, 1.807) is 14.1 Å². The fourth-order valence-electron chi connectivity index (χ4n) is 1.35. The fourth-order valence-corrected chi connectivity index (χ4v) is 3.14. The smallest absolute Gasteiger partial charge is 0.316 e. The molecule has 0 aliphatic rings. The number of amides is 2. The molecule has 0 saturated heterocycles. The van der Waals surface area contributed by atoms with Gasteiger partial charge in [-0.2, -0.15) is 0 Å². The first-order valence-electron chi connectivity index (χ1n) is 5.85. The monoisotopic (exact) mass is 354 g/mol. The third kappa shape index (κ3) is 4.63. The third-order valence-electron chi connectivity index (χ3n) is 2.48. The number of carbonyl (C=O) groups is 1. The van der Waals surface area contributed by atoms with Crippen LogP contribution in [0.5, 0.6) is 0 Å². The number of nitrogens with zero attached hydrogens (tertiary/aromatic N) is 1. The lowest BCUT2D eigenvalue weighted by Gasteiger charge is -2.13. The Balaban J connectivity index is 2.71. The number of hydrogen-bond donors (Lipinski definition) is 3. The average Bonchev–Trinajstić information content (AvgIpc) is 2.40. The highest BCUT2D eigenvalue weighted by Gasteiger charge is 2.20. The van der Waals surface area contributed by atoms with Crippen LogP contribution in [0, 0.1) is 0 Å². The Kier molecular flexibility index (Phi) is 6.09. The number of hydrogen-bond acceptors (Lipinski definition) is 4. The Morgan fingerprint density at radius 1 is 1.29 bits per heavy atom.